The molecular weight excluding hydrogens is 164 g/mol. The molecule has 3 N–H and O–H groups in total. The number of likely N-dealkylation sites (tertiary alicyclic amines) is 1. The maximum absolute atomic E-state index is 8.86. The van der Waals surface area contributed by atoms with E-state index in [1.165, 1.54) is 0 Å². The number of rotatable bonds is 1. The Morgan fingerprint density at radius 3 is 2.64 bits per heavy atom. The van der Waals surface area contributed by atoms with Gasteiger partial charge >= 0.3 is 0 Å². The van der Waals surface area contributed by atoms with Crippen molar-refractivity contribution in [3.63, 3.8) is 0 Å². The first kappa shape index (κ1) is 11.2. The molecule has 11 heavy (non-hydrogen) atoms. The van der Waals surface area contributed by atoms with Crippen molar-refractivity contribution in [3.05, 3.63) is 0 Å². The maximum atomic E-state index is 8.86. The molecule has 1 rings (SSSR count). The van der Waals surface area contributed by atoms with Crippen LogP contribution in [0.4, 0.5) is 0 Å². The van der Waals surface area contributed by atoms with E-state index in [9.17, 15) is 0 Å². The Bertz CT molecular complexity index is 119. The lowest BCUT2D eigenvalue weighted by molar-refractivity contribution is -0.929. The fourth-order valence-corrected chi connectivity index (χ4v) is 1.66. The first-order valence-electron chi connectivity index (χ1n) is 3.88. The van der Waals surface area contributed by atoms with Crippen molar-refractivity contribution in [1.82, 2.24) is 0 Å². The van der Waals surface area contributed by atoms with E-state index in [2.05, 4.69) is 0 Å². The maximum Gasteiger partial charge on any atom is 0.101 e. The van der Waals surface area contributed by atoms with Crippen molar-refractivity contribution in [2.45, 2.75) is 12.8 Å². The van der Waals surface area contributed by atoms with Crippen LogP contribution in [0.2, 0.25) is 0 Å². The van der Waals surface area contributed by atoms with Gasteiger partial charge in [0.25, 0.3) is 0 Å². The molecule has 0 spiro atoms. The molecule has 0 aromatic heterocycles. The number of hydrogen-bond acceptors (Lipinski definition) is 2. The van der Waals surface area contributed by atoms with Crippen LogP contribution >= 0.6 is 0 Å². The second kappa shape index (κ2) is 4.26. The van der Waals surface area contributed by atoms with Crippen LogP contribution in [0.1, 0.15) is 12.8 Å². The van der Waals surface area contributed by atoms with E-state index in [0.717, 1.165) is 25.9 Å². The molecule has 0 aromatic carbocycles. The summed E-state index contributed by atoms with van der Waals surface area (Å²) in [4.78, 5) is 0. The normalized spacial score (nSPS) is 37.9. The first-order chi connectivity index (χ1) is 4.64. The zero-order chi connectivity index (χ0) is 7.61. The van der Waals surface area contributed by atoms with Gasteiger partial charge < -0.3 is 17.5 Å². The van der Waals surface area contributed by atoms with Gasteiger partial charge in [0.15, 0.2) is 0 Å². The van der Waals surface area contributed by atoms with E-state index in [4.69, 9.17) is 10.9 Å². The standard InChI is InChI=1S/C7H17N2O.ClH/c1-9(8)4-2-3-7(5-9)6-10;/h7,10H,2-6,8H2,1H3;1H/q+1;/p-1. The minimum absolute atomic E-state index is 0. The molecule has 1 aliphatic rings. The highest BCUT2D eigenvalue weighted by Gasteiger charge is 2.27. The SMILES string of the molecule is C[N+]1(N)CCCC(CO)C1.[Cl-]. The lowest BCUT2D eigenvalue weighted by Gasteiger charge is -2.35. The van der Waals surface area contributed by atoms with Gasteiger partial charge in [-0.05, 0) is 12.8 Å². The molecule has 1 heterocycles. The summed E-state index contributed by atoms with van der Waals surface area (Å²) in [6, 6.07) is 0. The minimum atomic E-state index is 0. The van der Waals surface area contributed by atoms with Crippen LogP contribution in [0.5, 0.6) is 0 Å². The molecule has 0 saturated carbocycles. The van der Waals surface area contributed by atoms with Crippen molar-refractivity contribution in [2.24, 2.45) is 11.8 Å². The largest absolute Gasteiger partial charge is 1.00 e. The van der Waals surface area contributed by atoms with Gasteiger partial charge in [-0.3, -0.25) is 4.59 Å². The summed E-state index contributed by atoms with van der Waals surface area (Å²) < 4.78 is 0.589. The van der Waals surface area contributed by atoms with E-state index < -0.39 is 0 Å². The summed E-state index contributed by atoms with van der Waals surface area (Å²) in [5.74, 6) is 6.30. The second-order valence-electron chi connectivity index (χ2n) is 3.58. The van der Waals surface area contributed by atoms with Crippen molar-refractivity contribution in [1.29, 1.82) is 0 Å². The van der Waals surface area contributed by atoms with Gasteiger partial charge in [0.2, 0.25) is 0 Å². The first-order valence-corrected chi connectivity index (χ1v) is 3.88. The summed E-state index contributed by atoms with van der Waals surface area (Å²) >= 11 is 0. The molecule has 4 heteroatoms. The number of piperidine rings is 1. The molecule has 2 atom stereocenters. The van der Waals surface area contributed by atoms with Crippen molar-refractivity contribution >= 4 is 0 Å². The van der Waals surface area contributed by atoms with Crippen LogP contribution in [0.15, 0.2) is 0 Å². The number of aliphatic hydroxyl groups is 1. The molecule has 0 aliphatic carbocycles. The Morgan fingerprint density at radius 1 is 1.64 bits per heavy atom. The van der Waals surface area contributed by atoms with Gasteiger partial charge in [0, 0.05) is 5.92 Å². The molecule has 3 nitrogen and oxygen atoms in total. The monoisotopic (exact) mass is 180 g/mol. The number of quaternary nitrogens is 1. The van der Waals surface area contributed by atoms with Crippen LogP contribution in [0.3, 0.4) is 0 Å². The highest BCUT2D eigenvalue weighted by atomic mass is 35.5. The van der Waals surface area contributed by atoms with E-state index in [-0.39, 0.29) is 12.4 Å². The highest BCUT2D eigenvalue weighted by Crippen LogP contribution is 2.16. The fraction of sp³-hybridized carbons (Fsp3) is 1.00. The Balaban J connectivity index is 0.000001000. The average molecular weight is 181 g/mol. The van der Waals surface area contributed by atoms with Gasteiger partial charge in [-0.2, -0.15) is 5.84 Å². The van der Waals surface area contributed by atoms with E-state index >= 15 is 0 Å². The third kappa shape index (κ3) is 3.38. The molecule has 0 bridgehead atoms. The predicted molar refractivity (Wildman–Crippen MR) is 39.9 cm³/mol. The lowest BCUT2D eigenvalue weighted by atomic mass is 9.99. The lowest BCUT2D eigenvalue weighted by Crippen LogP contribution is -3.00. The average Bonchev–Trinajstić information content (AvgIpc) is 1.86. The molecule has 1 saturated heterocycles. The quantitative estimate of drug-likeness (QED) is 0.328. The van der Waals surface area contributed by atoms with E-state index in [1.54, 1.807) is 0 Å². The van der Waals surface area contributed by atoms with Crippen molar-refractivity contribution in [3.8, 4) is 0 Å². The number of halogens is 1. The van der Waals surface area contributed by atoms with Crippen LogP contribution in [-0.4, -0.2) is 36.4 Å². The number of aliphatic hydroxyl groups excluding tert-OH is 1. The summed E-state index contributed by atoms with van der Waals surface area (Å²) in [6.07, 6.45) is 2.29. The zero-order valence-electron chi connectivity index (χ0n) is 6.96. The Labute approximate surface area is 74.2 Å². The van der Waals surface area contributed by atoms with E-state index in [1.807, 2.05) is 7.05 Å². The summed E-state index contributed by atoms with van der Waals surface area (Å²) in [7, 11) is 2.02. The van der Waals surface area contributed by atoms with E-state index in [0.29, 0.717) is 17.1 Å². The molecular formula is C7H17ClN2O. The van der Waals surface area contributed by atoms with Gasteiger partial charge in [-0.25, -0.2) is 0 Å². The molecule has 2 unspecified atom stereocenters. The summed E-state index contributed by atoms with van der Waals surface area (Å²) in [6.45, 7) is 2.28. The van der Waals surface area contributed by atoms with Crippen LogP contribution in [0.25, 0.3) is 0 Å². The minimum Gasteiger partial charge on any atom is -1.00 e. The number of nitrogens with zero attached hydrogens (tertiary/aromatic N) is 1. The van der Waals surface area contributed by atoms with Crippen LogP contribution < -0.4 is 18.2 Å². The fourth-order valence-electron chi connectivity index (χ4n) is 1.66. The molecule has 0 amide bonds. The zero-order valence-corrected chi connectivity index (χ0v) is 7.72. The summed E-state index contributed by atoms with van der Waals surface area (Å²) in [5, 5.41) is 8.86. The molecule has 1 fully saturated rings. The summed E-state index contributed by atoms with van der Waals surface area (Å²) in [5.41, 5.74) is 0. The smallest absolute Gasteiger partial charge is 0.101 e. The third-order valence-corrected chi connectivity index (χ3v) is 2.21. The Hall–Kier alpha value is 0.170. The van der Waals surface area contributed by atoms with Crippen molar-refractivity contribution in [2.75, 3.05) is 26.7 Å². The number of nitrogens with two attached hydrogens (primary N) is 1. The van der Waals surface area contributed by atoms with Crippen LogP contribution in [-0.2, 0) is 0 Å². The Kier molecular flexibility index (Phi) is 4.32. The molecule has 1 aliphatic heterocycles. The Morgan fingerprint density at radius 2 is 2.27 bits per heavy atom. The molecule has 0 radical (unpaired) electrons. The van der Waals surface area contributed by atoms with Gasteiger partial charge in [-0.1, -0.05) is 0 Å². The van der Waals surface area contributed by atoms with Gasteiger partial charge in [0.05, 0.1) is 20.2 Å². The van der Waals surface area contributed by atoms with Gasteiger partial charge in [-0.15, -0.1) is 0 Å². The van der Waals surface area contributed by atoms with Gasteiger partial charge in [0.1, 0.15) is 6.54 Å². The van der Waals surface area contributed by atoms with Crippen LogP contribution in [0, 0.1) is 5.92 Å². The number of hydrogen-bond donors (Lipinski definition) is 2. The highest BCUT2D eigenvalue weighted by molar-refractivity contribution is 4.60. The van der Waals surface area contributed by atoms with Crippen molar-refractivity contribution < 1.29 is 22.1 Å². The molecule has 0 aromatic rings. The topological polar surface area (TPSA) is 46.2 Å². The second-order valence-corrected chi connectivity index (χ2v) is 3.58. The predicted octanol–water partition coefficient (Wildman–Crippen LogP) is -3.29. The molecule has 68 valence electrons. The third-order valence-electron chi connectivity index (χ3n) is 2.21.